The van der Waals surface area contributed by atoms with Gasteiger partial charge in [-0.15, -0.1) is 0 Å². The number of carbonyl (C=O) groups excluding carboxylic acids is 2. The van der Waals surface area contributed by atoms with Gasteiger partial charge in [-0.05, 0) is 68.4 Å². The number of hydrogen-bond donors (Lipinski definition) is 5. The van der Waals surface area contributed by atoms with Gasteiger partial charge in [0.1, 0.15) is 6.04 Å². The second kappa shape index (κ2) is 16.2. The minimum absolute atomic E-state index is 0.177. The van der Waals surface area contributed by atoms with Gasteiger partial charge in [-0.1, -0.05) is 24.3 Å². The van der Waals surface area contributed by atoms with Gasteiger partial charge in [-0.3, -0.25) is 19.6 Å². The average Bonchev–Trinajstić information content (AvgIpc) is 2.93. The molecule has 2 heterocycles. The minimum atomic E-state index is -0.610. The quantitative estimate of drug-likeness (QED) is 0.189. The molecule has 0 saturated heterocycles. The molecule has 5 N–H and O–H groups in total. The molecule has 3 rings (SSSR count). The number of pyridine rings is 2. The average molecular weight is 504 g/mol. The van der Waals surface area contributed by atoms with Crippen LogP contribution in [0, 0.1) is 0 Å². The van der Waals surface area contributed by atoms with Gasteiger partial charge in [0.2, 0.25) is 5.91 Å². The van der Waals surface area contributed by atoms with Crippen molar-refractivity contribution in [3.8, 4) is 0 Å². The summed E-state index contributed by atoms with van der Waals surface area (Å²) < 4.78 is 0. The molecule has 0 bridgehead atoms. The van der Waals surface area contributed by atoms with Crippen molar-refractivity contribution in [3.63, 3.8) is 0 Å². The highest BCUT2D eigenvalue weighted by Gasteiger charge is 2.21. The van der Waals surface area contributed by atoms with Crippen LogP contribution in [0.5, 0.6) is 0 Å². The number of nitrogens with one attached hydrogen (secondary N) is 5. The number of rotatable bonds is 16. The Kier molecular flexibility index (Phi) is 12.2. The molecule has 0 aliphatic rings. The Bertz CT molecular complexity index is 1060. The summed E-state index contributed by atoms with van der Waals surface area (Å²) in [4.78, 5) is 34.3. The van der Waals surface area contributed by atoms with Crippen LogP contribution in [0.4, 0.5) is 0 Å². The molecule has 0 unspecified atom stereocenters. The summed E-state index contributed by atoms with van der Waals surface area (Å²) in [5, 5.41) is 15.5. The van der Waals surface area contributed by atoms with Crippen molar-refractivity contribution < 1.29 is 9.59 Å². The number of likely N-dealkylation sites (N-methyl/N-ethyl adjacent to an activating group) is 1. The molecule has 2 amide bonds. The Hall–Kier alpha value is -3.66. The molecule has 1 aromatic carbocycles. The molecule has 0 fully saturated rings. The molecule has 2 aromatic heterocycles. The van der Waals surface area contributed by atoms with Crippen LogP contribution in [0.25, 0.3) is 0 Å². The zero-order valence-electron chi connectivity index (χ0n) is 21.4. The third-order valence-corrected chi connectivity index (χ3v) is 5.75. The maximum Gasteiger partial charge on any atom is 0.251 e. The molecular weight excluding hydrogens is 466 g/mol. The highest BCUT2D eigenvalue weighted by atomic mass is 16.2. The van der Waals surface area contributed by atoms with Crippen LogP contribution in [-0.2, 0) is 24.4 Å². The van der Waals surface area contributed by atoms with E-state index in [1.807, 2.05) is 55.6 Å². The smallest absolute Gasteiger partial charge is 0.251 e. The Morgan fingerprint density at radius 3 is 2.08 bits per heavy atom. The predicted octanol–water partition coefficient (Wildman–Crippen LogP) is 1.77. The van der Waals surface area contributed by atoms with Crippen molar-refractivity contribution in [1.29, 1.82) is 0 Å². The van der Waals surface area contributed by atoms with Crippen molar-refractivity contribution in [1.82, 2.24) is 36.6 Å². The van der Waals surface area contributed by atoms with Gasteiger partial charge >= 0.3 is 0 Å². The number of hydrogen-bond acceptors (Lipinski definition) is 7. The van der Waals surface area contributed by atoms with Gasteiger partial charge in [-0.25, -0.2) is 0 Å². The fourth-order valence-electron chi connectivity index (χ4n) is 3.71. The number of nitrogens with zero attached hydrogens (tertiary/aromatic N) is 2. The maximum absolute atomic E-state index is 12.9. The van der Waals surface area contributed by atoms with Crippen molar-refractivity contribution >= 4 is 11.8 Å². The van der Waals surface area contributed by atoms with Crippen LogP contribution >= 0.6 is 0 Å². The first kappa shape index (κ1) is 27.9. The lowest BCUT2D eigenvalue weighted by atomic mass is 10.1. The van der Waals surface area contributed by atoms with Gasteiger partial charge in [0.05, 0.1) is 11.4 Å². The summed E-state index contributed by atoms with van der Waals surface area (Å²) in [6.45, 7) is 3.88. The topological polar surface area (TPSA) is 120 Å². The molecule has 3 aromatic rings. The van der Waals surface area contributed by atoms with Crippen molar-refractivity contribution in [2.75, 3.05) is 26.7 Å². The SMILES string of the molecule is CNCCNC(=O)[C@H](CCCNCc1ccccn1)NC(=O)c1ccc(CNCc2ccccn2)cc1. The largest absolute Gasteiger partial charge is 0.353 e. The Labute approximate surface area is 218 Å². The molecule has 1 atom stereocenters. The van der Waals surface area contributed by atoms with E-state index < -0.39 is 6.04 Å². The van der Waals surface area contributed by atoms with E-state index in [4.69, 9.17) is 0 Å². The Balaban J connectivity index is 1.47. The van der Waals surface area contributed by atoms with Crippen molar-refractivity contribution in [2.45, 2.75) is 38.5 Å². The van der Waals surface area contributed by atoms with Crippen LogP contribution < -0.4 is 26.6 Å². The normalized spacial score (nSPS) is 11.6. The molecule has 0 spiro atoms. The van der Waals surface area contributed by atoms with E-state index >= 15 is 0 Å². The van der Waals surface area contributed by atoms with E-state index in [0.29, 0.717) is 51.3 Å². The van der Waals surface area contributed by atoms with E-state index in [0.717, 1.165) is 23.4 Å². The van der Waals surface area contributed by atoms with E-state index in [2.05, 4.69) is 36.6 Å². The van der Waals surface area contributed by atoms with Gasteiger partial charge in [0.15, 0.2) is 0 Å². The molecular formula is C28H37N7O2. The summed E-state index contributed by atoms with van der Waals surface area (Å²) >= 11 is 0. The van der Waals surface area contributed by atoms with Crippen molar-refractivity contribution in [2.24, 2.45) is 0 Å². The zero-order valence-corrected chi connectivity index (χ0v) is 21.4. The third-order valence-electron chi connectivity index (χ3n) is 5.75. The summed E-state index contributed by atoms with van der Waals surface area (Å²) in [6, 6.07) is 18.4. The lowest BCUT2D eigenvalue weighted by Crippen LogP contribution is -2.48. The minimum Gasteiger partial charge on any atom is -0.353 e. The molecule has 0 aliphatic heterocycles. The van der Waals surface area contributed by atoms with Crippen LogP contribution in [0.1, 0.15) is 40.2 Å². The Morgan fingerprint density at radius 1 is 0.784 bits per heavy atom. The first-order valence-corrected chi connectivity index (χ1v) is 12.7. The molecule has 0 radical (unpaired) electrons. The van der Waals surface area contributed by atoms with E-state index in [-0.39, 0.29) is 11.8 Å². The lowest BCUT2D eigenvalue weighted by molar-refractivity contribution is -0.123. The number of amides is 2. The van der Waals surface area contributed by atoms with Crippen LogP contribution in [0.2, 0.25) is 0 Å². The molecule has 0 aliphatic carbocycles. The zero-order chi connectivity index (χ0) is 26.1. The maximum atomic E-state index is 12.9. The monoisotopic (exact) mass is 503 g/mol. The third kappa shape index (κ3) is 10.5. The highest BCUT2D eigenvalue weighted by molar-refractivity contribution is 5.97. The van der Waals surface area contributed by atoms with Crippen LogP contribution in [0.15, 0.2) is 73.1 Å². The van der Waals surface area contributed by atoms with Gasteiger partial charge in [0, 0.05) is 50.7 Å². The standard InChI is InChI=1S/C28H37N7O2/c1-29-17-18-34-28(37)26(9-6-14-30-20-24-7-2-4-15-32-24)35-27(36)23-12-10-22(11-13-23)19-31-21-25-8-3-5-16-33-25/h2-5,7-8,10-13,15-16,26,29-31H,6,9,14,17-21H2,1H3,(H,34,37)(H,35,36)/t26-/m0/s1. The fraction of sp³-hybridized carbons (Fsp3) is 0.357. The van der Waals surface area contributed by atoms with Gasteiger partial charge < -0.3 is 26.6 Å². The van der Waals surface area contributed by atoms with Gasteiger partial charge in [-0.2, -0.15) is 0 Å². The summed E-state index contributed by atoms with van der Waals surface area (Å²) in [5.41, 5.74) is 3.53. The van der Waals surface area contributed by atoms with Crippen LogP contribution in [0.3, 0.4) is 0 Å². The number of aromatic nitrogens is 2. The number of carbonyl (C=O) groups is 2. The first-order valence-electron chi connectivity index (χ1n) is 12.7. The van der Waals surface area contributed by atoms with E-state index in [9.17, 15) is 9.59 Å². The van der Waals surface area contributed by atoms with E-state index in [1.165, 1.54) is 0 Å². The molecule has 196 valence electrons. The van der Waals surface area contributed by atoms with Crippen molar-refractivity contribution in [3.05, 3.63) is 95.6 Å². The summed E-state index contributed by atoms with van der Waals surface area (Å²) in [7, 11) is 1.83. The second-order valence-electron chi connectivity index (χ2n) is 8.68. The highest BCUT2D eigenvalue weighted by Crippen LogP contribution is 2.07. The van der Waals surface area contributed by atoms with Gasteiger partial charge in [0.25, 0.3) is 5.91 Å². The molecule has 9 heteroatoms. The molecule has 37 heavy (non-hydrogen) atoms. The molecule has 9 nitrogen and oxygen atoms in total. The van der Waals surface area contributed by atoms with E-state index in [1.54, 1.807) is 24.5 Å². The number of benzene rings is 1. The lowest BCUT2D eigenvalue weighted by Gasteiger charge is -2.19. The Morgan fingerprint density at radius 2 is 1.46 bits per heavy atom. The fourth-order valence-corrected chi connectivity index (χ4v) is 3.71. The summed E-state index contributed by atoms with van der Waals surface area (Å²) in [5.74, 6) is -0.438. The summed E-state index contributed by atoms with van der Waals surface area (Å²) in [6.07, 6.45) is 4.81. The second-order valence-corrected chi connectivity index (χ2v) is 8.68. The first-order chi connectivity index (χ1) is 18.2. The molecule has 0 saturated carbocycles. The predicted molar refractivity (Wildman–Crippen MR) is 145 cm³/mol. The van der Waals surface area contributed by atoms with Crippen LogP contribution in [-0.4, -0.2) is 54.5 Å².